The second kappa shape index (κ2) is 4.63. The number of ether oxygens (including phenoxy) is 1. The fraction of sp³-hybridized carbons (Fsp3) is 1.00. The highest BCUT2D eigenvalue weighted by atomic mass is 16.5. The third-order valence-corrected chi connectivity index (χ3v) is 4.65. The molecule has 0 aliphatic carbocycles. The summed E-state index contributed by atoms with van der Waals surface area (Å²) in [5.41, 5.74) is 6.20. The molecule has 0 amide bonds. The van der Waals surface area contributed by atoms with Gasteiger partial charge in [0.05, 0.1) is 11.6 Å². The summed E-state index contributed by atoms with van der Waals surface area (Å²) in [5.74, 6) is 0.721. The molecule has 2 aliphatic rings. The van der Waals surface area contributed by atoms with Crippen LogP contribution in [0.25, 0.3) is 0 Å². The second-order valence-corrected chi connectivity index (χ2v) is 5.72. The van der Waals surface area contributed by atoms with E-state index in [2.05, 4.69) is 25.7 Å². The van der Waals surface area contributed by atoms with Crippen LogP contribution in [0.15, 0.2) is 0 Å². The zero-order valence-corrected chi connectivity index (χ0v) is 10.9. The maximum absolute atomic E-state index is 6.08. The van der Waals surface area contributed by atoms with Gasteiger partial charge in [-0.3, -0.25) is 4.90 Å². The van der Waals surface area contributed by atoms with Crippen molar-refractivity contribution in [3.05, 3.63) is 0 Å². The molecule has 0 aromatic rings. The lowest BCUT2D eigenvalue weighted by Gasteiger charge is -2.45. The van der Waals surface area contributed by atoms with Gasteiger partial charge in [0.2, 0.25) is 0 Å². The zero-order valence-electron chi connectivity index (χ0n) is 10.9. The monoisotopic (exact) mass is 226 g/mol. The largest absolute Gasteiger partial charge is 0.376 e. The molecule has 0 saturated carbocycles. The van der Waals surface area contributed by atoms with Crippen LogP contribution in [0.5, 0.6) is 0 Å². The van der Waals surface area contributed by atoms with Crippen LogP contribution in [-0.4, -0.2) is 42.3 Å². The fourth-order valence-corrected chi connectivity index (χ4v) is 3.57. The van der Waals surface area contributed by atoms with Crippen LogP contribution >= 0.6 is 0 Å². The van der Waals surface area contributed by atoms with Crippen molar-refractivity contribution in [2.45, 2.75) is 57.7 Å². The van der Waals surface area contributed by atoms with E-state index in [-0.39, 0.29) is 11.6 Å². The topological polar surface area (TPSA) is 38.5 Å². The minimum absolute atomic E-state index is 0.117. The molecule has 3 heteroatoms. The summed E-state index contributed by atoms with van der Waals surface area (Å²) in [6.07, 6.45) is 4.04. The maximum atomic E-state index is 6.08. The van der Waals surface area contributed by atoms with Crippen LogP contribution in [0.4, 0.5) is 0 Å². The molecule has 0 bridgehead atoms. The highest BCUT2D eigenvalue weighted by Gasteiger charge is 2.49. The first-order valence-corrected chi connectivity index (χ1v) is 6.70. The Bertz CT molecular complexity index is 244. The summed E-state index contributed by atoms with van der Waals surface area (Å²) >= 11 is 0. The highest BCUT2D eigenvalue weighted by Crippen LogP contribution is 2.38. The van der Waals surface area contributed by atoms with Gasteiger partial charge in [0.15, 0.2) is 0 Å². The molecule has 2 rings (SSSR count). The van der Waals surface area contributed by atoms with E-state index in [0.717, 1.165) is 25.5 Å². The van der Waals surface area contributed by atoms with Crippen LogP contribution in [0, 0.1) is 5.92 Å². The van der Waals surface area contributed by atoms with Crippen LogP contribution in [0.2, 0.25) is 0 Å². The third-order valence-electron chi connectivity index (χ3n) is 4.65. The Morgan fingerprint density at radius 1 is 1.50 bits per heavy atom. The minimum atomic E-state index is 0.117. The quantitative estimate of drug-likeness (QED) is 0.794. The number of likely N-dealkylation sites (tertiary alicyclic amines) is 1. The number of nitrogens with two attached hydrogens (primary N) is 1. The number of hydrogen-bond acceptors (Lipinski definition) is 3. The van der Waals surface area contributed by atoms with Crippen molar-refractivity contribution in [1.29, 1.82) is 0 Å². The Balaban J connectivity index is 2.20. The van der Waals surface area contributed by atoms with Gasteiger partial charge in [-0.1, -0.05) is 13.8 Å². The highest BCUT2D eigenvalue weighted by molar-refractivity contribution is 5.04. The molecule has 0 aromatic carbocycles. The predicted octanol–water partition coefficient (Wildman–Crippen LogP) is 1.61. The van der Waals surface area contributed by atoms with Crippen molar-refractivity contribution < 1.29 is 4.74 Å². The third kappa shape index (κ3) is 1.79. The van der Waals surface area contributed by atoms with Gasteiger partial charge >= 0.3 is 0 Å². The second-order valence-electron chi connectivity index (χ2n) is 5.72. The lowest BCUT2D eigenvalue weighted by atomic mass is 9.87. The van der Waals surface area contributed by atoms with Gasteiger partial charge in [-0.05, 0) is 38.6 Å². The van der Waals surface area contributed by atoms with Crippen molar-refractivity contribution in [2.24, 2.45) is 11.7 Å². The summed E-state index contributed by atoms with van der Waals surface area (Å²) in [4.78, 5) is 2.66. The smallest absolute Gasteiger partial charge is 0.0743 e. The molecule has 0 spiro atoms. The zero-order chi connectivity index (χ0) is 11.8. The Labute approximate surface area is 99.3 Å². The van der Waals surface area contributed by atoms with E-state index in [1.807, 2.05) is 0 Å². The lowest BCUT2D eigenvalue weighted by Crippen LogP contribution is -2.60. The average molecular weight is 226 g/mol. The molecule has 2 fully saturated rings. The Hall–Kier alpha value is -0.120. The molecule has 3 nitrogen and oxygen atoms in total. The van der Waals surface area contributed by atoms with Crippen LogP contribution in [0.1, 0.15) is 40.0 Å². The first kappa shape index (κ1) is 12.3. The van der Waals surface area contributed by atoms with Gasteiger partial charge in [-0.15, -0.1) is 0 Å². The molecule has 0 aromatic heterocycles. The first-order chi connectivity index (χ1) is 7.62. The molecule has 3 unspecified atom stereocenters. The Kier molecular flexibility index (Phi) is 3.57. The molecule has 94 valence electrons. The van der Waals surface area contributed by atoms with Gasteiger partial charge in [-0.25, -0.2) is 0 Å². The van der Waals surface area contributed by atoms with E-state index in [4.69, 9.17) is 10.5 Å². The molecular weight excluding hydrogens is 200 g/mol. The van der Waals surface area contributed by atoms with Gasteiger partial charge in [0.1, 0.15) is 0 Å². The van der Waals surface area contributed by atoms with Crippen molar-refractivity contribution >= 4 is 0 Å². The van der Waals surface area contributed by atoms with E-state index in [1.54, 1.807) is 0 Å². The van der Waals surface area contributed by atoms with E-state index in [1.165, 1.54) is 19.4 Å². The standard InChI is InChI=1S/C13H26N2O/c1-10(2)12-5-4-7-15(12)13(9-14)6-8-16-11(13)3/h10-12H,4-9,14H2,1-3H3. The number of nitrogens with zero attached hydrogens (tertiary/aromatic N) is 1. The van der Waals surface area contributed by atoms with E-state index < -0.39 is 0 Å². The summed E-state index contributed by atoms with van der Waals surface area (Å²) in [6.45, 7) is 9.65. The molecule has 3 atom stereocenters. The van der Waals surface area contributed by atoms with E-state index >= 15 is 0 Å². The fourth-order valence-electron chi connectivity index (χ4n) is 3.57. The number of rotatable bonds is 3. The predicted molar refractivity (Wildman–Crippen MR) is 66.4 cm³/mol. The summed E-state index contributed by atoms with van der Waals surface area (Å²) in [7, 11) is 0. The molecule has 2 saturated heterocycles. The van der Waals surface area contributed by atoms with Gasteiger partial charge in [0, 0.05) is 19.2 Å². The normalized spacial score (nSPS) is 41.1. The lowest BCUT2D eigenvalue weighted by molar-refractivity contribution is -0.00234. The molecule has 2 heterocycles. The average Bonchev–Trinajstić information content (AvgIpc) is 2.84. The number of hydrogen-bond donors (Lipinski definition) is 1. The molecule has 2 N–H and O–H groups in total. The maximum Gasteiger partial charge on any atom is 0.0743 e. The molecule has 0 radical (unpaired) electrons. The minimum Gasteiger partial charge on any atom is -0.376 e. The van der Waals surface area contributed by atoms with Crippen LogP contribution in [0.3, 0.4) is 0 Å². The van der Waals surface area contributed by atoms with Crippen molar-refractivity contribution in [3.8, 4) is 0 Å². The van der Waals surface area contributed by atoms with Crippen LogP contribution in [-0.2, 0) is 4.74 Å². The molecule has 2 aliphatic heterocycles. The first-order valence-electron chi connectivity index (χ1n) is 6.70. The van der Waals surface area contributed by atoms with E-state index in [0.29, 0.717) is 6.04 Å². The Morgan fingerprint density at radius 2 is 2.25 bits per heavy atom. The van der Waals surface area contributed by atoms with E-state index in [9.17, 15) is 0 Å². The van der Waals surface area contributed by atoms with Crippen molar-refractivity contribution in [3.63, 3.8) is 0 Å². The van der Waals surface area contributed by atoms with Crippen molar-refractivity contribution in [1.82, 2.24) is 4.90 Å². The summed E-state index contributed by atoms with van der Waals surface area (Å²) in [6, 6.07) is 0.702. The van der Waals surface area contributed by atoms with Gasteiger partial charge in [-0.2, -0.15) is 0 Å². The van der Waals surface area contributed by atoms with Crippen molar-refractivity contribution in [2.75, 3.05) is 19.7 Å². The van der Waals surface area contributed by atoms with Crippen LogP contribution < -0.4 is 5.73 Å². The molecular formula is C13H26N2O. The van der Waals surface area contributed by atoms with Gasteiger partial charge < -0.3 is 10.5 Å². The SMILES string of the molecule is CC(C)C1CCCN1C1(CN)CCOC1C. The summed E-state index contributed by atoms with van der Waals surface area (Å²) in [5, 5.41) is 0. The van der Waals surface area contributed by atoms with Gasteiger partial charge in [0.25, 0.3) is 0 Å². The Morgan fingerprint density at radius 3 is 2.75 bits per heavy atom. The molecule has 16 heavy (non-hydrogen) atoms. The summed E-state index contributed by atoms with van der Waals surface area (Å²) < 4.78 is 5.78.